The van der Waals surface area contributed by atoms with Gasteiger partial charge in [0.05, 0.1) is 17.1 Å². The van der Waals surface area contributed by atoms with Crippen LogP contribution >= 0.6 is 23.2 Å². The van der Waals surface area contributed by atoms with E-state index in [-0.39, 0.29) is 0 Å². The van der Waals surface area contributed by atoms with Gasteiger partial charge in [-0.2, -0.15) is 0 Å². The molecule has 3 aromatic rings. The molecule has 7 nitrogen and oxygen atoms in total. The lowest BCUT2D eigenvalue weighted by Gasteiger charge is -2.37. The summed E-state index contributed by atoms with van der Waals surface area (Å²) in [5.74, 6) is 0. The zero-order chi connectivity index (χ0) is 36.3. The molecular formula is C44H39Cl2N7. The van der Waals surface area contributed by atoms with Crippen LogP contribution in [0.5, 0.6) is 0 Å². The van der Waals surface area contributed by atoms with Gasteiger partial charge in [-0.1, -0.05) is 78.4 Å². The summed E-state index contributed by atoms with van der Waals surface area (Å²) in [4.78, 5) is 22.2. The largest absolute Gasteiger partial charge is 0.376 e. The number of benzene rings is 1. The Bertz CT molecular complexity index is 2510. The minimum atomic E-state index is -1.38. The number of hydrogen-bond acceptors (Lipinski definition) is 5. The lowest BCUT2D eigenvalue weighted by atomic mass is 9.87. The molecule has 0 aliphatic carbocycles. The molecule has 9 rings (SSSR count). The minimum absolute atomic E-state index is 0.725. The summed E-state index contributed by atoms with van der Waals surface area (Å²) in [5.41, 5.74) is 10.9. The van der Waals surface area contributed by atoms with Crippen LogP contribution in [0.3, 0.4) is 0 Å². The molecule has 0 spiro atoms. The molecule has 2 unspecified atom stereocenters. The van der Waals surface area contributed by atoms with Crippen LogP contribution in [0.2, 0.25) is 0 Å². The van der Waals surface area contributed by atoms with Gasteiger partial charge in [0.1, 0.15) is 0 Å². The molecule has 9 heteroatoms. The summed E-state index contributed by atoms with van der Waals surface area (Å²) in [6, 6.07) is 18.4. The Morgan fingerprint density at radius 1 is 0.604 bits per heavy atom. The lowest BCUT2D eigenvalue weighted by Crippen LogP contribution is -2.41. The molecule has 8 heterocycles. The molecule has 2 aromatic heterocycles. The fourth-order valence-electron chi connectivity index (χ4n) is 7.86. The van der Waals surface area contributed by atoms with Crippen molar-refractivity contribution in [3.63, 3.8) is 0 Å². The fourth-order valence-corrected chi connectivity index (χ4v) is 8.57. The molecule has 0 saturated heterocycles. The Hall–Kier alpha value is -5.50. The van der Waals surface area contributed by atoms with Crippen LogP contribution in [0.25, 0.3) is 16.7 Å². The molecular weight excluding hydrogens is 697 g/mol. The maximum atomic E-state index is 7.99. The average Bonchev–Trinajstić information content (AvgIpc) is 3.99. The number of halogens is 2. The predicted molar refractivity (Wildman–Crippen MR) is 219 cm³/mol. The summed E-state index contributed by atoms with van der Waals surface area (Å²) in [6.07, 6.45) is 27.7. The van der Waals surface area contributed by atoms with E-state index >= 15 is 0 Å². The van der Waals surface area contributed by atoms with Crippen molar-refractivity contribution in [3.05, 3.63) is 184 Å². The van der Waals surface area contributed by atoms with E-state index in [1.165, 1.54) is 0 Å². The van der Waals surface area contributed by atoms with Gasteiger partial charge >= 0.3 is 0 Å². The number of aromatic nitrogens is 2. The molecule has 0 amide bonds. The van der Waals surface area contributed by atoms with Crippen LogP contribution in [0.15, 0.2) is 166 Å². The minimum Gasteiger partial charge on any atom is -0.376 e. The van der Waals surface area contributed by atoms with Gasteiger partial charge in [-0.3, -0.25) is 4.99 Å². The molecule has 53 heavy (non-hydrogen) atoms. The first-order chi connectivity index (χ1) is 25.7. The third-order valence-corrected chi connectivity index (χ3v) is 11.7. The monoisotopic (exact) mass is 735 g/mol. The number of hydrogen-bond donors (Lipinski definition) is 2. The number of nitrogens with zero attached hydrogens (tertiary/aromatic N) is 5. The molecule has 0 radical (unpaired) electrons. The van der Waals surface area contributed by atoms with Gasteiger partial charge in [0.2, 0.25) is 0 Å². The lowest BCUT2D eigenvalue weighted by molar-refractivity contribution is 0.502. The zero-order valence-corrected chi connectivity index (χ0v) is 31.3. The quantitative estimate of drug-likeness (QED) is 0.233. The molecule has 8 bridgehead atoms. The third kappa shape index (κ3) is 5.66. The topological polar surface area (TPSA) is 66.0 Å². The first-order valence-corrected chi connectivity index (χ1v) is 18.6. The second kappa shape index (κ2) is 12.9. The summed E-state index contributed by atoms with van der Waals surface area (Å²) >= 11 is 15.8. The van der Waals surface area contributed by atoms with E-state index in [0.29, 0.717) is 0 Å². The van der Waals surface area contributed by atoms with Crippen molar-refractivity contribution in [1.29, 1.82) is 0 Å². The maximum Gasteiger partial charge on any atom is 0.181 e. The van der Waals surface area contributed by atoms with Crippen molar-refractivity contribution in [2.24, 2.45) is 9.98 Å². The first-order valence-electron chi connectivity index (χ1n) is 17.8. The van der Waals surface area contributed by atoms with E-state index in [4.69, 9.17) is 33.2 Å². The number of rotatable bonds is 4. The molecule has 6 aliphatic rings. The van der Waals surface area contributed by atoms with E-state index in [1.807, 2.05) is 48.6 Å². The highest BCUT2D eigenvalue weighted by Crippen LogP contribution is 2.53. The van der Waals surface area contributed by atoms with Gasteiger partial charge < -0.3 is 24.7 Å². The molecule has 264 valence electrons. The Balaban J connectivity index is 1.40. The van der Waals surface area contributed by atoms with Crippen LogP contribution < -0.4 is 10.7 Å². The van der Waals surface area contributed by atoms with Crippen molar-refractivity contribution in [2.45, 2.75) is 9.87 Å². The number of alkyl halides is 2. The summed E-state index contributed by atoms with van der Waals surface area (Å²) < 4.78 is 0. The molecule has 0 saturated carbocycles. The first kappa shape index (κ1) is 33.3. The van der Waals surface area contributed by atoms with Crippen molar-refractivity contribution >= 4 is 51.3 Å². The normalized spacial score (nSPS) is 24.9. The zero-order valence-electron chi connectivity index (χ0n) is 29.8. The molecule has 6 aliphatic heterocycles. The molecule has 0 fully saturated rings. The number of H-pyrrole nitrogens is 2. The third-order valence-electron chi connectivity index (χ3n) is 10.4. The highest BCUT2D eigenvalue weighted by molar-refractivity contribution is 6.41. The highest BCUT2D eigenvalue weighted by Gasteiger charge is 2.53. The Labute approximate surface area is 319 Å². The second-order valence-electron chi connectivity index (χ2n) is 14.2. The van der Waals surface area contributed by atoms with E-state index in [0.717, 1.165) is 97.8 Å². The van der Waals surface area contributed by atoms with Gasteiger partial charge in [0, 0.05) is 115 Å². The molecule has 2 N–H and O–H groups in total. The van der Waals surface area contributed by atoms with Crippen molar-refractivity contribution < 1.29 is 0 Å². The van der Waals surface area contributed by atoms with E-state index in [2.05, 4.69) is 131 Å². The second-order valence-corrected chi connectivity index (χ2v) is 15.4. The number of fused-ring (bicyclic) bond motifs is 6. The summed E-state index contributed by atoms with van der Waals surface area (Å²) in [7, 11) is 6.25. The van der Waals surface area contributed by atoms with Crippen LogP contribution in [0, 0.1) is 0 Å². The van der Waals surface area contributed by atoms with E-state index < -0.39 is 9.87 Å². The van der Waals surface area contributed by atoms with Gasteiger partial charge in [0.15, 0.2) is 9.87 Å². The average molecular weight is 737 g/mol. The number of nitrogens with one attached hydrogen (secondary N) is 2. The SMILES string of the molecule is CN1C=C(C2=C3C=CC(=N3)C(C3=CN(C)CC=C3)=c3ccc([nH]3)=C(C3=CN(C)CC=C3)C3=NC(Cl)(C=C3)C(Cl)(c3ccccc3)c3ccc2[nH]3)C=CC1. The predicted octanol–water partition coefficient (Wildman–Crippen LogP) is 6.66. The molecule has 1 aromatic carbocycles. The number of allylic oxidation sites excluding steroid dienone is 10. The van der Waals surface area contributed by atoms with Crippen LogP contribution in [-0.2, 0) is 4.87 Å². The maximum absolute atomic E-state index is 7.99. The number of aliphatic imine (C=N–C) groups is 2. The standard InChI is InChI=1S/C44H39Cl2N7/c1-51-23-7-10-29(26-51)40-33-15-16-35(47-33)41(30-11-8-24-52(2)27-30)37-19-20-39(49-37)44(46,32-13-5-4-6-14-32)43(45)22-21-38(50-43)42(36-18-17-34(40)48-36)31-12-9-25-53(3)28-31/h4-22,26-28,48-49H,23-25H2,1-3H3. The van der Waals surface area contributed by atoms with Crippen LogP contribution in [0.4, 0.5) is 0 Å². The van der Waals surface area contributed by atoms with Crippen molar-refractivity contribution in [3.8, 4) is 0 Å². The van der Waals surface area contributed by atoms with Crippen molar-refractivity contribution in [1.82, 2.24) is 24.7 Å². The van der Waals surface area contributed by atoms with Gasteiger partial charge in [-0.15, -0.1) is 11.6 Å². The van der Waals surface area contributed by atoms with Crippen molar-refractivity contribution in [2.75, 3.05) is 40.8 Å². The fraction of sp³-hybridized carbons (Fsp3) is 0.182. The number of aromatic amines is 2. The smallest absolute Gasteiger partial charge is 0.181 e. The van der Waals surface area contributed by atoms with Crippen LogP contribution in [-0.4, -0.2) is 81.9 Å². The van der Waals surface area contributed by atoms with E-state index in [9.17, 15) is 0 Å². The Morgan fingerprint density at radius 2 is 1.19 bits per heavy atom. The highest BCUT2D eigenvalue weighted by atomic mass is 35.5. The van der Waals surface area contributed by atoms with Gasteiger partial charge in [-0.25, -0.2) is 4.99 Å². The Morgan fingerprint density at radius 3 is 1.79 bits per heavy atom. The summed E-state index contributed by atoms with van der Waals surface area (Å²) in [5, 5.41) is 1.86. The van der Waals surface area contributed by atoms with Gasteiger partial charge in [-0.05, 0) is 54.1 Å². The van der Waals surface area contributed by atoms with E-state index in [1.54, 1.807) is 0 Å². The number of likely N-dealkylation sites (N-methyl/N-ethyl adjacent to an activating group) is 3. The Kier molecular flexibility index (Phi) is 8.09. The molecule has 2 atom stereocenters. The summed E-state index contributed by atoms with van der Waals surface area (Å²) in [6.45, 7) is 2.49. The van der Waals surface area contributed by atoms with Gasteiger partial charge in [0.25, 0.3) is 0 Å². The van der Waals surface area contributed by atoms with Crippen LogP contribution in [0.1, 0.15) is 17.0 Å².